The van der Waals surface area contributed by atoms with Crippen LogP contribution < -0.4 is 10.6 Å². The van der Waals surface area contributed by atoms with Crippen molar-refractivity contribution in [3.05, 3.63) is 60.3 Å². The number of hydrogen-bond donors (Lipinski definition) is 3. The van der Waals surface area contributed by atoms with Gasteiger partial charge in [0.1, 0.15) is 28.5 Å². The number of thioether (sulfide) groups is 1. The van der Waals surface area contributed by atoms with E-state index in [0.29, 0.717) is 11.3 Å². The molecule has 1 aromatic carbocycles. The van der Waals surface area contributed by atoms with Gasteiger partial charge in [0, 0.05) is 23.1 Å². The number of carboxylic acids is 1. The highest BCUT2D eigenvalue weighted by Gasteiger charge is 2.64. The number of β-lactam (4-membered cyclic amide) rings is 1. The Bertz CT molecular complexity index is 1140. The number of fused-ring (bicyclic) bond motifs is 1. The Hall–Kier alpha value is -2.70. The maximum atomic E-state index is 13.3. The number of aliphatic carboxylic acids is 1. The van der Waals surface area contributed by atoms with Crippen LogP contribution in [0.4, 0.5) is 0 Å². The van der Waals surface area contributed by atoms with Gasteiger partial charge in [-0.2, -0.15) is 0 Å². The number of benzene rings is 1. The van der Waals surface area contributed by atoms with E-state index in [1.807, 2.05) is 24.3 Å². The van der Waals surface area contributed by atoms with Crippen LogP contribution in [0, 0.1) is 0 Å². The van der Waals surface area contributed by atoms with Gasteiger partial charge in [0.15, 0.2) is 0 Å². The Morgan fingerprint density at radius 3 is 2.56 bits per heavy atom. The summed E-state index contributed by atoms with van der Waals surface area (Å²) >= 11 is 1.35. The molecule has 2 aromatic rings. The Morgan fingerprint density at radius 2 is 1.89 bits per heavy atom. The fraction of sp³-hybridized carbons (Fsp3) is 0.375. The smallest absolute Gasteiger partial charge is 0.327 e. The maximum absolute atomic E-state index is 13.3. The van der Waals surface area contributed by atoms with E-state index in [1.165, 1.54) is 38.2 Å². The molecule has 190 valence electrons. The van der Waals surface area contributed by atoms with Gasteiger partial charge in [-0.1, -0.05) is 47.2 Å². The fourth-order valence-corrected chi connectivity index (χ4v) is 7.69. The van der Waals surface area contributed by atoms with Crippen LogP contribution in [0.25, 0.3) is 0 Å². The lowest BCUT2D eigenvalue weighted by atomic mass is 9.95. The molecular formula is C24H26N4O5S3. The summed E-state index contributed by atoms with van der Waals surface area (Å²) in [4.78, 5) is 56.0. The summed E-state index contributed by atoms with van der Waals surface area (Å²) in [6.07, 6.45) is 1.90. The van der Waals surface area contributed by atoms with Crippen molar-refractivity contribution in [2.45, 2.75) is 53.5 Å². The SMILES string of the molecule is CC1(C)SC2C(NC(=O)C(NC(=O)CCSSc3ccccn3)c3ccccc3)C(=O)N2C1C(=O)O. The van der Waals surface area contributed by atoms with Crippen molar-refractivity contribution in [2.24, 2.45) is 0 Å². The molecule has 0 radical (unpaired) electrons. The zero-order valence-electron chi connectivity index (χ0n) is 19.6. The van der Waals surface area contributed by atoms with Gasteiger partial charge in [0.05, 0.1) is 0 Å². The van der Waals surface area contributed by atoms with E-state index in [4.69, 9.17) is 0 Å². The second-order valence-electron chi connectivity index (χ2n) is 8.82. The molecule has 0 spiro atoms. The summed E-state index contributed by atoms with van der Waals surface area (Å²) in [7, 11) is 2.97. The number of carbonyl (C=O) groups is 4. The Morgan fingerprint density at radius 1 is 1.17 bits per heavy atom. The van der Waals surface area contributed by atoms with Gasteiger partial charge >= 0.3 is 5.97 Å². The van der Waals surface area contributed by atoms with Crippen molar-refractivity contribution >= 4 is 57.0 Å². The van der Waals surface area contributed by atoms with Crippen LogP contribution in [0.1, 0.15) is 31.9 Å². The summed E-state index contributed by atoms with van der Waals surface area (Å²) in [5.74, 6) is -1.78. The lowest BCUT2D eigenvalue weighted by molar-refractivity contribution is -0.161. The lowest BCUT2D eigenvalue weighted by Gasteiger charge is -2.44. The highest BCUT2D eigenvalue weighted by atomic mass is 33.1. The first-order valence-electron chi connectivity index (χ1n) is 11.3. The van der Waals surface area contributed by atoms with Crippen molar-refractivity contribution in [2.75, 3.05) is 5.75 Å². The molecule has 2 saturated heterocycles. The predicted molar refractivity (Wildman–Crippen MR) is 140 cm³/mol. The zero-order chi connectivity index (χ0) is 25.9. The molecule has 0 bridgehead atoms. The number of amides is 3. The monoisotopic (exact) mass is 546 g/mol. The number of carbonyl (C=O) groups excluding carboxylic acids is 3. The van der Waals surface area contributed by atoms with Gasteiger partial charge < -0.3 is 20.6 Å². The molecule has 2 fully saturated rings. The first-order chi connectivity index (χ1) is 17.2. The number of pyridine rings is 1. The number of nitrogens with zero attached hydrogens (tertiary/aromatic N) is 2. The van der Waals surface area contributed by atoms with E-state index in [0.717, 1.165) is 5.03 Å². The molecule has 2 aliphatic heterocycles. The van der Waals surface area contributed by atoms with Crippen LogP contribution >= 0.6 is 33.3 Å². The number of carboxylic acid groups (broad SMARTS) is 1. The highest BCUT2D eigenvalue weighted by Crippen LogP contribution is 2.50. The van der Waals surface area contributed by atoms with Crippen LogP contribution in [0.2, 0.25) is 0 Å². The molecule has 12 heteroatoms. The van der Waals surface area contributed by atoms with E-state index in [-0.39, 0.29) is 12.3 Å². The van der Waals surface area contributed by atoms with Crippen molar-refractivity contribution in [1.29, 1.82) is 0 Å². The van der Waals surface area contributed by atoms with E-state index in [1.54, 1.807) is 44.3 Å². The Balaban J connectivity index is 1.37. The van der Waals surface area contributed by atoms with Crippen LogP contribution in [0.5, 0.6) is 0 Å². The fourth-order valence-electron chi connectivity index (χ4n) is 4.19. The summed E-state index contributed by atoms with van der Waals surface area (Å²) < 4.78 is -0.691. The van der Waals surface area contributed by atoms with Crippen LogP contribution in [0.3, 0.4) is 0 Å². The third kappa shape index (κ3) is 5.65. The Kier molecular flexibility index (Phi) is 8.16. The summed E-state index contributed by atoms with van der Waals surface area (Å²) in [6, 6.07) is 11.6. The van der Waals surface area contributed by atoms with E-state index in [9.17, 15) is 24.3 Å². The molecule has 1 aromatic heterocycles. The number of hydrogen-bond acceptors (Lipinski definition) is 8. The van der Waals surface area contributed by atoms with Gasteiger partial charge in [-0.05, 0) is 42.3 Å². The molecule has 4 atom stereocenters. The minimum Gasteiger partial charge on any atom is -0.480 e. The number of rotatable bonds is 10. The molecule has 9 nitrogen and oxygen atoms in total. The quantitative estimate of drug-likeness (QED) is 0.234. The van der Waals surface area contributed by atoms with Gasteiger partial charge in [0.2, 0.25) is 17.7 Å². The second kappa shape index (κ2) is 11.1. The predicted octanol–water partition coefficient (Wildman–Crippen LogP) is 2.70. The normalized spacial score (nSPS) is 22.8. The average Bonchev–Trinajstić information content (AvgIpc) is 3.12. The number of aromatic nitrogens is 1. The molecule has 0 saturated carbocycles. The minimum absolute atomic E-state index is 0.199. The first-order valence-corrected chi connectivity index (χ1v) is 14.5. The third-order valence-corrected chi connectivity index (χ3v) is 9.71. The lowest BCUT2D eigenvalue weighted by Crippen LogP contribution is -2.71. The zero-order valence-corrected chi connectivity index (χ0v) is 22.1. The number of nitrogens with one attached hydrogen (secondary N) is 2. The van der Waals surface area contributed by atoms with Gasteiger partial charge in [-0.3, -0.25) is 14.4 Å². The van der Waals surface area contributed by atoms with Crippen molar-refractivity contribution < 1.29 is 24.3 Å². The van der Waals surface area contributed by atoms with E-state index >= 15 is 0 Å². The molecule has 2 aliphatic rings. The van der Waals surface area contributed by atoms with Gasteiger partial charge in [-0.25, -0.2) is 9.78 Å². The molecular weight excluding hydrogens is 520 g/mol. The molecule has 4 unspecified atom stereocenters. The molecule has 0 aliphatic carbocycles. The van der Waals surface area contributed by atoms with Gasteiger partial charge in [0.25, 0.3) is 0 Å². The highest BCUT2D eigenvalue weighted by molar-refractivity contribution is 8.76. The standard InChI is InChI=1S/C24H26N4O5S3/c1-24(2)19(23(32)33)28-21(31)18(22(28)35-24)27-20(30)17(14-8-4-3-5-9-14)26-15(29)11-13-34-36-16-10-6-7-12-25-16/h3-10,12,17-19,22H,11,13H2,1-2H3,(H,26,29)(H,27,30)(H,32,33). The molecule has 4 rings (SSSR count). The summed E-state index contributed by atoms with van der Waals surface area (Å²) in [6.45, 7) is 3.55. The molecule has 3 heterocycles. The first kappa shape index (κ1) is 26.4. The Labute approximate surface area is 221 Å². The van der Waals surface area contributed by atoms with E-state index < -0.39 is 46.0 Å². The largest absolute Gasteiger partial charge is 0.480 e. The van der Waals surface area contributed by atoms with Crippen molar-refractivity contribution in [3.63, 3.8) is 0 Å². The second-order valence-corrected chi connectivity index (χ2v) is 13.0. The van der Waals surface area contributed by atoms with Crippen molar-refractivity contribution in [1.82, 2.24) is 20.5 Å². The van der Waals surface area contributed by atoms with Crippen LogP contribution in [-0.2, 0) is 19.2 Å². The molecule has 36 heavy (non-hydrogen) atoms. The molecule has 3 amide bonds. The summed E-state index contributed by atoms with van der Waals surface area (Å²) in [5, 5.41) is 15.5. The third-order valence-electron chi connectivity index (χ3n) is 5.87. The summed E-state index contributed by atoms with van der Waals surface area (Å²) in [5.41, 5.74) is 0.588. The topological polar surface area (TPSA) is 129 Å². The maximum Gasteiger partial charge on any atom is 0.327 e. The van der Waals surface area contributed by atoms with Crippen LogP contribution in [0.15, 0.2) is 59.8 Å². The van der Waals surface area contributed by atoms with Crippen LogP contribution in [-0.4, -0.2) is 66.6 Å². The van der Waals surface area contributed by atoms with Gasteiger partial charge in [-0.15, -0.1) is 11.8 Å². The van der Waals surface area contributed by atoms with E-state index in [2.05, 4.69) is 15.6 Å². The average molecular weight is 547 g/mol. The molecule has 3 N–H and O–H groups in total. The minimum atomic E-state index is -1.07. The van der Waals surface area contributed by atoms with Crippen molar-refractivity contribution in [3.8, 4) is 0 Å².